The highest BCUT2D eigenvalue weighted by molar-refractivity contribution is 5.75. The van der Waals surface area contributed by atoms with Gasteiger partial charge < -0.3 is 20.1 Å². The quantitative estimate of drug-likeness (QED) is 0.894. The molecule has 1 aromatic rings. The molecule has 0 aliphatic carbocycles. The second kappa shape index (κ2) is 7.75. The summed E-state index contributed by atoms with van der Waals surface area (Å²) in [5, 5.41) is 12.5. The third-order valence-electron chi connectivity index (χ3n) is 4.14. The minimum Gasteiger partial charge on any atom is -0.393 e. The van der Waals surface area contributed by atoms with Gasteiger partial charge in [-0.1, -0.05) is 12.1 Å². The Balaban J connectivity index is 2.02. The summed E-state index contributed by atoms with van der Waals surface area (Å²) in [4.78, 5) is 14.2. The first-order valence-electron chi connectivity index (χ1n) is 7.97. The van der Waals surface area contributed by atoms with Crippen LogP contribution in [-0.4, -0.2) is 47.9 Å². The first-order valence-corrected chi connectivity index (χ1v) is 7.97. The van der Waals surface area contributed by atoms with Crippen molar-refractivity contribution in [2.24, 2.45) is 0 Å². The number of rotatable bonds is 4. The molecule has 2 N–H and O–H groups in total. The maximum absolute atomic E-state index is 13.7. The number of nitrogens with zero attached hydrogens (tertiary/aromatic N) is 1. The van der Waals surface area contributed by atoms with Crippen molar-refractivity contribution < 1.29 is 19.0 Å². The van der Waals surface area contributed by atoms with Crippen molar-refractivity contribution in [1.29, 1.82) is 0 Å². The number of morpholine rings is 1. The average molecular weight is 324 g/mol. The number of hydrogen-bond acceptors (Lipinski definition) is 3. The molecule has 3 atom stereocenters. The van der Waals surface area contributed by atoms with Crippen LogP contribution >= 0.6 is 0 Å². The van der Waals surface area contributed by atoms with Crippen molar-refractivity contribution in [3.8, 4) is 0 Å². The molecule has 1 aliphatic heterocycles. The fourth-order valence-corrected chi connectivity index (χ4v) is 2.74. The largest absolute Gasteiger partial charge is 0.393 e. The maximum Gasteiger partial charge on any atom is 0.318 e. The van der Waals surface area contributed by atoms with E-state index in [2.05, 4.69) is 5.32 Å². The van der Waals surface area contributed by atoms with Crippen LogP contribution < -0.4 is 5.32 Å². The Labute approximate surface area is 136 Å². The molecule has 0 saturated carbocycles. The van der Waals surface area contributed by atoms with Gasteiger partial charge in [-0.15, -0.1) is 0 Å². The topological polar surface area (TPSA) is 61.8 Å². The zero-order chi connectivity index (χ0) is 17.0. The number of benzene rings is 1. The smallest absolute Gasteiger partial charge is 0.318 e. The number of halogens is 1. The van der Waals surface area contributed by atoms with Crippen molar-refractivity contribution in [3.63, 3.8) is 0 Å². The van der Waals surface area contributed by atoms with Gasteiger partial charge in [-0.05, 0) is 44.4 Å². The van der Waals surface area contributed by atoms with Crippen molar-refractivity contribution >= 4 is 6.03 Å². The highest BCUT2D eigenvalue weighted by Gasteiger charge is 2.29. The van der Waals surface area contributed by atoms with E-state index in [9.17, 15) is 14.3 Å². The summed E-state index contributed by atoms with van der Waals surface area (Å²) >= 11 is 0. The highest BCUT2D eigenvalue weighted by atomic mass is 19.1. The molecule has 2 amide bonds. The summed E-state index contributed by atoms with van der Waals surface area (Å²) < 4.78 is 19.1. The van der Waals surface area contributed by atoms with E-state index < -0.39 is 6.10 Å². The zero-order valence-electron chi connectivity index (χ0n) is 13.9. The van der Waals surface area contributed by atoms with Gasteiger partial charge >= 0.3 is 6.03 Å². The maximum atomic E-state index is 13.7. The number of carbonyl (C=O) groups is 1. The zero-order valence-corrected chi connectivity index (χ0v) is 13.9. The Morgan fingerprint density at radius 3 is 2.91 bits per heavy atom. The molecule has 1 aliphatic rings. The first kappa shape index (κ1) is 17.7. The number of carbonyl (C=O) groups excluding carboxylic acids is 1. The highest BCUT2D eigenvalue weighted by Crippen LogP contribution is 2.18. The van der Waals surface area contributed by atoms with E-state index >= 15 is 0 Å². The predicted octanol–water partition coefficient (Wildman–Crippen LogP) is 2.38. The van der Waals surface area contributed by atoms with E-state index in [-0.39, 0.29) is 23.9 Å². The lowest BCUT2D eigenvalue weighted by Crippen LogP contribution is -2.53. The van der Waals surface area contributed by atoms with E-state index in [1.807, 2.05) is 13.0 Å². The van der Waals surface area contributed by atoms with Crippen molar-refractivity contribution in [2.75, 3.05) is 19.8 Å². The monoisotopic (exact) mass is 324 g/mol. The summed E-state index contributed by atoms with van der Waals surface area (Å²) in [5.41, 5.74) is 1.30. The number of hydrogen-bond donors (Lipinski definition) is 2. The average Bonchev–Trinajstić information content (AvgIpc) is 2.49. The molecular formula is C17H25FN2O3. The van der Waals surface area contributed by atoms with Gasteiger partial charge in [0.2, 0.25) is 0 Å². The summed E-state index contributed by atoms with van der Waals surface area (Å²) in [7, 11) is 0. The molecule has 0 spiro atoms. The molecule has 2 rings (SSSR count). The van der Waals surface area contributed by atoms with Crippen LogP contribution in [0.15, 0.2) is 18.2 Å². The number of ether oxygens (including phenoxy) is 1. The van der Waals surface area contributed by atoms with Crippen molar-refractivity contribution in [1.82, 2.24) is 10.2 Å². The SMILES string of the molecule is Cc1ccc(C(C)NC(=O)N2CCOCC2CC(C)O)cc1F. The van der Waals surface area contributed by atoms with Gasteiger partial charge in [0.15, 0.2) is 0 Å². The molecule has 3 unspecified atom stereocenters. The molecule has 1 aromatic carbocycles. The molecule has 1 fully saturated rings. The Bertz CT molecular complexity index is 551. The summed E-state index contributed by atoms with van der Waals surface area (Å²) in [6, 6.07) is 4.31. The van der Waals surface area contributed by atoms with E-state index in [4.69, 9.17) is 4.74 Å². The second-order valence-electron chi connectivity index (χ2n) is 6.19. The standard InChI is InChI=1S/C17H25FN2O3/c1-11-4-5-14(9-16(11)18)13(3)19-17(22)20-6-7-23-10-15(20)8-12(2)21/h4-5,9,12-13,15,21H,6-8,10H2,1-3H3,(H,19,22). The summed E-state index contributed by atoms with van der Waals surface area (Å²) in [6.45, 7) is 6.62. The van der Waals surface area contributed by atoms with Gasteiger partial charge in [-0.25, -0.2) is 9.18 Å². The van der Waals surface area contributed by atoms with Crippen LogP contribution in [0.1, 0.15) is 37.4 Å². The van der Waals surface area contributed by atoms with Crippen molar-refractivity contribution in [3.05, 3.63) is 35.1 Å². The third kappa shape index (κ3) is 4.65. The van der Waals surface area contributed by atoms with Crippen LogP contribution in [0.2, 0.25) is 0 Å². The Morgan fingerprint density at radius 2 is 2.26 bits per heavy atom. The van der Waals surface area contributed by atoms with Crippen LogP contribution in [0, 0.1) is 12.7 Å². The van der Waals surface area contributed by atoms with Gasteiger partial charge in [0.05, 0.1) is 31.4 Å². The minimum atomic E-state index is -0.499. The van der Waals surface area contributed by atoms with Crippen LogP contribution in [0.4, 0.5) is 9.18 Å². The van der Waals surface area contributed by atoms with Gasteiger partial charge in [0.1, 0.15) is 5.82 Å². The van der Waals surface area contributed by atoms with Crippen LogP contribution in [0.3, 0.4) is 0 Å². The Kier molecular flexibility index (Phi) is 5.96. The summed E-state index contributed by atoms with van der Waals surface area (Å²) in [5.74, 6) is -0.276. The van der Waals surface area contributed by atoms with Gasteiger partial charge in [0.25, 0.3) is 0 Å². The minimum absolute atomic E-state index is 0.147. The van der Waals surface area contributed by atoms with E-state index in [0.29, 0.717) is 31.7 Å². The molecule has 6 heteroatoms. The Morgan fingerprint density at radius 1 is 1.52 bits per heavy atom. The van der Waals surface area contributed by atoms with Crippen LogP contribution in [-0.2, 0) is 4.74 Å². The number of aryl methyl sites for hydroxylation is 1. The van der Waals surface area contributed by atoms with Crippen molar-refractivity contribution in [2.45, 2.75) is 45.4 Å². The number of aliphatic hydroxyl groups excluding tert-OH is 1. The molecule has 1 saturated heterocycles. The van der Waals surface area contributed by atoms with E-state index in [1.165, 1.54) is 6.07 Å². The van der Waals surface area contributed by atoms with Crippen LogP contribution in [0.25, 0.3) is 0 Å². The van der Waals surface area contributed by atoms with Gasteiger partial charge in [-0.2, -0.15) is 0 Å². The molecule has 23 heavy (non-hydrogen) atoms. The normalized spacial score (nSPS) is 20.9. The lowest BCUT2D eigenvalue weighted by Gasteiger charge is -2.37. The van der Waals surface area contributed by atoms with Crippen LogP contribution in [0.5, 0.6) is 0 Å². The molecular weight excluding hydrogens is 299 g/mol. The molecule has 1 heterocycles. The van der Waals surface area contributed by atoms with E-state index in [1.54, 1.807) is 24.8 Å². The van der Waals surface area contributed by atoms with E-state index in [0.717, 1.165) is 5.56 Å². The van der Waals surface area contributed by atoms with Gasteiger partial charge in [-0.3, -0.25) is 0 Å². The van der Waals surface area contributed by atoms with Gasteiger partial charge in [0, 0.05) is 6.54 Å². The number of amides is 2. The molecule has 128 valence electrons. The molecule has 0 radical (unpaired) electrons. The first-order chi connectivity index (χ1) is 10.9. The fourth-order valence-electron chi connectivity index (χ4n) is 2.74. The number of aliphatic hydroxyl groups is 1. The summed E-state index contributed by atoms with van der Waals surface area (Å²) in [6.07, 6.45) is -0.0263. The predicted molar refractivity (Wildman–Crippen MR) is 85.7 cm³/mol. The number of nitrogens with one attached hydrogen (secondary N) is 1. The lowest BCUT2D eigenvalue weighted by atomic mass is 10.1. The molecule has 5 nitrogen and oxygen atoms in total. The fraction of sp³-hybridized carbons (Fsp3) is 0.588. The second-order valence-corrected chi connectivity index (χ2v) is 6.19. The molecule has 0 bridgehead atoms. The third-order valence-corrected chi connectivity index (χ3v) is 4.14. The number of urea groups is 1. The molecule has 0 aromatic heterocycles. The Hall–Kier alpha value is -1.66. The lowest BCUT2D eigenvalue weighted by molar-refractivity contribution is -0.00474.